The Balaban J connectivity index is 1.43. The Hall–Kier alpha value is -2.40. The van der Waals surface area contributed by atoms with Crippen LogP contribution in [0, 0.1) is 5.92 Å². The first-order valence-corrected chi connectivity index (χ1v) is 8.38. The minimum Gasteiger partial charge on any atom is -0.497 e. The second-order valence-electron chi connectivity index (χ2n) is 5.66. The molecule has 0 spiro atoms. The molecule has 0 unspecified atom stereocenters. The van der Waals surface area contributed by atoms with E-state index in [4.69, 9.17) is 30.5 Å². The molecule has 1 atom stereocenters. The van der Waals surface area contributed by atoms with Gasteiger partial charge >= 0.3 is 5.97 Å². The fourth-order valence-electron chi connectivity index (χ4n) is 2.61. The van der Waals surface area contributed by atoms with Gasteiger partial charge in [-0.05, 0) is 54.4 Å². The van der Waals surface area contributed by atoms with Gasteiger partial charge in [0.2, 0.25) is 0 Å². The highest BCUT2D eigenvalue weighted by atomic mass is 35.5. The van der Waals surface area contributed by atoms with Crippen molar-refractivity contribution in [3.05, 3.63) is 53.1 Å². The number of fused-ring (bicyclic) bond motifs is 1. The van der Waals surface area contributed by atoms with Crippen LogP contribution in [-0.2, 0) is 16.0 Å². The van der Waals surface area contributed by atoms with Crippen LogP contribution in [0.25, 0.3) is 0 Å². The number of carbonyl (C=O) groups is 1. The number of ether oxygens (including phenoxy) is 4. The lowest BCUT2D eigenvalue weighted by Gasteiger charge is -2.24. The molecule has 0 saturated carbocycles. The van der Waals surface area contributed by atoms with Crippen molar-refractivity contribution in [2.75, 3.05) is 26.9 Å². The number of esters is 1. The first-order chi connectivity index (χ1) is 12.2. The van der Waals surface area contributed by atoms with Gasteiger partial charge in [-0.2, -0.15) is 0 Å². The molecule has 0 saturated heterocycles. The molecule has 6 heteroatoms. The van der Waals surface area contributed by atoms with Crippen LogP contribution in [0.5, 0.6) is 17.2 Å². The van der Waals surface area contributed by atoms with Gasteiger partial charge in [-0.15, -0.1) is 0 Å². The number of hydrogen-bond acceptors (Lipinski definition) is 5. The van der Waals surface area contributed by atoms with Crippen LogP contribution in [0.1, 0.15) is 5.56 Å². The fourth-order valence-corrected chi connectivity index (χ4v) is 2.80. The summed E-state index contributed by atoms with van der Waals surface area (Å²) in [5.74, 6) is 1.62. The van der Waals surface area contributed by atoms with Gasteiger partial charge in [0, 0.05) is 5.02 Å². The van der Waals surface area contributed by atoms with E-state index in [0.717, 1.165) is 17.1 Å². The van der Waals surface area contributed by atoms with E-state index < -0.39 is 0 Å². The highest BCUT2D eigenvalue weighted by molar-refractivity contribution is 6.30. The lowest BCUT2D eigenvalue weighted by Crippen LogP contribution is -2.30. The van der Waals surface area contributed by atoms with Crippen LogP contribution < -0.4 is 14.2 Å². The second-order valence-corrected chi connectivity index (χ2v) is 6.09. The van der Waals surface area contributed by atoms with Crippen LogP contribution in [-0.4, -0.2) is 32.9 Å². The smallest absolute Gasteiger partial charge is 0.312 e. The normalized spacial score (nSPS) is 15.7. The maximum atomic E-state index is 12.2. The van der Waals surface area contributed by atoms with Crippen molar-refractivity contribution in [2.45, 2.75) is 6.42 Å². The molecule has 0 amide bonds. The number of rotatable bonds is 6. The largest absolute Gasteiger partial charge is 0.497 e. The molecule has 132 valence electrons. The van der Waals surface area contributed by atoms with E-state index in [-0.39, 0.29) is 25.1 Å². The van der Waals surface area contributed by atoms with Gasteiger partial charge in [-0.25, -0.2) is 0 Å². The molecule has 2 aromatic rings. The summed E-state index contributed by atoms with van der Waals surface area (Å²) in [6.07, 6.45) is 0.564. The zero-order chi connectivity index (χ0) is 17.6. The minimum atomic E-state index is -0.327. The molecule has 2 aromatic carbocycles. The van der Waals surface area contributed by atoms with Crippen molar-refractivity contribution >= 4 is 17.6 Å². The van der Waals surface area contributed by atoms with E-state index >= 15 is 0 Å². The van der Waals surface area contributed by atoms with Gasteiger partial charge in [0.25, 0.3) is 0 Å². The third-order valence-electron chi connectivity index (χ3n) is 3.92. The first kappa shape index (κ1) is 17.4. The van der Waals surface area contributed by atoms with E-state index in [0.29, 0.717) is 23.8 Å². The topological polar surface area (TPSA) is 54.0 Å². The molecule has 1 aliphatic heterocycles. The molecule has 5 nitrogen and oxygen atoms in total. The van der Waals surface area contributed by atoms with Crippen molar-refractivity contribution < 1.29 is 23.7 Å². The van der Waals surface area contributed by atoms with Gasteiger partial charge in [0.1, 0.15) is 37.1 Å². The lowest BCUT2D eigenvalue weighted by atomic mass is 9.97. The van der Waals surface area contributed by atoms with Crippen molar-refractivity contribution in [1.29, 1.82) is 0 Å². The number of carbonyl (C=O) groups excluding carboxylic acids is 1. The second kappa shape index (κ2) is 8.12. The Labute approximate surface area is 151 Å². The van der Waals surface area contributed by atoms with E-state index in [9.17, 15) is 4.79 Å². The minimum absolute atomic E-state index is 0.184. The molecular formula is C19H19ClO5. The third-order valence-corrected chi connectivity index (χ3v) is 4.15. The Morgan fingerprint density at radius 3 is 2.68 bits per heavy atom. The van der Waals surface area contributed by atoms with Crippen molar-refractivity contribution in [2.24, 2.45) is 5.92 Å². The summed E-state index contributed by atoms with van der Waals surface area (Å²) in [4.78, 5) is 12.2. The van der Waals surface area contributed by atoms with Crippen LogP contribution in [0.4, 0.5) is 0 Å². The van der Waals surface area contributed by atoms with Gasteiger partial charge in [-0.1, -0.05) is 11.6 Å². The Morgan fingerprint density at radius 2 is 1.92 bits per heavy atom. The van der Waals surface area contributed by atoms with E-state index in [1.807, 2.05) is 24.3 Å². The summed E-state index contributed by atoms with van der Waals surface area (Å²) in [6, 6.07) is 12.6. The van der Waals surface area contributed by atoms with Crippen LogP contribution >= 0.6 is 11.6 Å². The number of methoxy groups -OCH3 is 1. The molecule has 0 bridgehead atoms. The summed E-state index contributed by atoms with van der Waals surface area (Å²) in [6.45, 7) is 0.782. The van der Waals surface area contributed by atoms with Gasteiger partial charge in [0.15, 0.2) is 0 Å². The van der Waals surface area contributed by atoms with Gasteiger partial charge in [0.05, 0.1) is 13.0 Å². The third kappa shape index (κ3) is 4.57. The quantitative estimate of drug-likeness (QED) is 0.581. The average molecular weight is 363 g/mol. The Morgan fingerprint density at radius 1 is 1.16 bits per heavy atom. The van der Waals surface area contributed by atoms with Crippen LogP contribution in [0.15, 0.2) is 42.5 Å². The van der Waals surface area contributed by atoms with Gasteiger partial charge in [-0.3, -0.25) is 4.79 Å². The zero-order valence-corrected chi connectivity index (χ0v) is 14.6. The van der Waals surface area contributed by atoms with Gasteiger partial charge < -0.3 is 18.9 Å². The van der Waals surface area contributed by atoms with Crippen LogP contribution in [0.2, 0.25) is 5.02 Å². The van der Waals surface area contributed by atoms with Crippen molar-refractivity contribution in [3.8, 4) is 17.2 Å². The maximum absolute atomic E-state index is 12.2. The molecule has 1 aliphatic rings. The number of benzene rings is 2. The zero-order valence-electron chi connectivity index (χ0n) is 13.9. The molecule has 0 fully saturated rings. The summed E-state index contributed by atoms with van der Waals surface area (Å²) in [7, 11) is 1.61. The summed E-state index contributed by atoms with van der Waals surface area (Å²) < 4.78 is 21.5. The van der Waals surface area contributed by atoms with E-state index in [2.05, 4.69) is 0 Å². The fraction of sp³-hybridized carbons (Fsp3) is 0.316. The number of hydrogen-bond donors (Lipinski definition) is 0. The molecule has 0 aromatic heterocycles. The molecular weight excluding hydrogens is 344 g/mol. The van der Waals surface area contributed by atoms with Crippen molar-refractivity contribution in [1.82, 2.24) is 0 Å². The molecule has 0 aliphatic carbocycles. The SMILES string of the molecule is COc1ccc(OCCOC(=O)[C@H]2COc3ccc(Cl)cc3C2)cc1. The maximum Gasteiger partial charge on any atom is 0.312 e. The highest BCUT2D eigenvalue weighted by Crippen LogP contribution is 2.30. The first-order valence-electron chi connectivity index (χ1n) is 8.00. The predicted octanol–water partition coefficient (Wildman–Crippen LogP) is 3.52. The average Bonchev–Trinajstić information content (AvgIpc) is 2.65. The monoisotopic (exact) mass is 362 g/mol. The standard InChI is InChI=1S/C19H19ClO5/c1-22-16-3-5-17(6-4-16)23-8-9-24-19(21)14-10-13-11-15(20)2-7-18(13)25-12-14/h2-7,11,14H,8-10,12H2,1H3/t14-/m1/s1. The molecule has 0 radical (unpaired) electrons. The molecule has 3 rings (SSSR count). The van der Waals surface area contributed by atoms with E-state index in [1.54, 1.807) is 25.3 Å². The lowest BCUT2D eigenvalue weighted by molar-refractivity contribution is -0.150. The van der Waals surface area contributed by atoms with Crippen molar-refractivity contribution in [3.63, 3.8) is 0 Å². The predicted molar refractivity (Wildman–Crippen MR) is 93.6 cm³/mol. The Bertz CT molecular complexity index is 729. The molecule has 0 N–H and O–H groups in total. The molecule has 25 heavy (non-hydrogen) atoms. The summed E-state index contributed by atoms with van der Waals surface area (Å²) >= 11 is 5.99. The Kier molecular flexibility index (Phi) is 5.66. The highest BCUT2D eigenvalue weighted by Gasteiger charge is 2.27. The van der Waals surface area contributed by atoms with E-state index in [1.165, 1.54) is 0 Å². The summed E-state index contributed by atoms with van der Waals surface area (Å²) in [5.41, 5.74) is 0.926. The van der Waals surface area contributed by atoms with Crippen LogP contribution in [0.3, 0.4) is 0 Å². The summed E-state index contributed by atoms with van der Waals surface area (Å²) in [5, 5.41) is 0.629. The molecule has 1 heterocycles. The number of halogens is 1.